The van der Waals surface area contributed by atoms with E-state index in [9.17, 15) is 9.90 Å². The topological polar surface area (TPSA) is 83.6 Å². The molecule has 4 rings (SSSR count). The highest BCUT2D eigenvalue weighted by molar-refractivity contribution is 6.05. The van der Waals surface area contributed by atoms with Crippen molar-refractivity contribution < 1.29 is 19.4 Å². The second-order valence-corrected chi connectivity index (χ2v) is 6.54. The first-order valence-electron chi connectivity index (χ1n) is 9.03. The van der Waals surface area contributed by atoms with Crippen LogP contribution >= 0.6 is 0 Å². The van der Waals surface area contributed by atoms with Crippen molar-refractivity contribution in [1.29, 1.82) is 0 Å². The summed E-state index contributed by atoms with van der Waals surface area (Å²) in [5.41, 5.74) is 4.10. The third-order valence-corrected chi connectivity index (χ3v) is 4.75. The Morgan fingerprint density at radius 2 is 1.66 bits per heavy atom. The van der Waals surface area contributed by atoms with Crippen molar-refractivity contribution in [3.8, 4) is 28.4 Å². The number of rotatable bonds is 5. The van der Waals surface area contributed by atoms with Crippen LogP contribution in [0.4, 0.5) is 5.69 Å². The summed E-state index contributed by atoms with van der Waals surface area (Å²) >= 11 is 0. The highest BCUT2D eigenvalue weighted by Crippen LogP contribution is 2.37. The van der Waals surface area contributed by atoms with Crippen LogP contribution in [0.25, 0.3) is 22.0 Å². The number of aromatic amines is 1. The smallest absolute Gasteiger partial charge is 0.255 e. The largest absolute Gasteiger partial charge is 0.502 e. The molecular formula is C23H20N2O4. The van der Waals surface area contributed by atoms with Crippen LogP contribution in [0.3, 0.4) is 0 Å². The Morgan fingerprint density at radius 3 is 2.38 bits per heavy atom. The molecule has 0 aliphatic carbocycles. The Labute approximate surface area is 167 Å². The number of phenolic OH excluding ortho intramolecular Hbond substituents is 1. The number of H-pyrrole nitrogens is 1. The Balaban J connectivity index is 1.61. The van der Waals surface area contributed by atoms with E-state index in [0.29, 0.717) is 11.3 Å². The van der Waals surface area contributed by atoms with Gasteiger partial charge in [0.05, 0.1) is 14.2 Å². The molecule has 6 nitrogen and oxygen atoms in total. The number of amides is 1. The predicted octanol–water partition coefficient (Wildman–Crippen LogP) is 4.81. The Kier molecular flexibility index (Phi) is 4.83. The van der Waals surface area contributed by atoms with Crippen molar-refractivity contribution >= 4 is 22.5 Å². The van der Waals surface area contributed by atoms with Crippen LogP contribution in [0.1, 0.15) is 10.4 Å². The van der Waals surface area contributed by atoms with E-state index in [4.69, 9.17) is 9.47 Å². The Hall–Kier alpha value is -3.93. The normalized spacial score (nSPS) is 10.7. The van der Waals surface area contributed by atoms with Crippen LogP contribution in [0, 0.1) is 0 Å². The minimum atomic E-state index is -0.333. The summed E-state index contributed by atoms with van der Waals surface area (Å²) in [7, 11) is 2.84. The zero-order chi connectivity index (χ0) is 20.4. The van der Waals surface area contributed by atoms with Gasteiger partial charge in [0.2, 0.25) is 5.75 Å². The van der Waals surface area contributed by atoms with E-state index in [0.717, 1.165) is 22.0 Å². The highest BCUT2D eigenvalue weighted by Gasteiger charge is 2.16. The second-order valence-electron chi connectivity index (χ2n) is 6.54. The fraction of sp³-hybridized carbons (Fsp3) is 0.0870. The lowest BCUT2D eigenvalue weighted by atomic mass is 10.0. The summed E-state index contributed by atoms with van der Waals surface area (Å²) in [6, 6.07) is 18.8. The van der Waals surface area contributed by atoms with E-state index in [2.05, 4.69) is 16.4 Å². The second kappa shape index (κ2) is 7.59. The van der Waals surface area contributed by atoms with Gasteiger partial charge in [-0.2, -0.15) is 0 Å². The number of aromatic hydroxyl groups is 1. The molecule has 4 aromatic rings. The van der Waals surface area contributed by atoms with Crippen LogP contribution in [0.5, 0.6) is 17.2 Å². The van der Waals surface area contributed by atoms with E-state index < -0.39 is 0 Å². The summed E-state index contributed by atoms with van der Waals surface area (Å²) in [6.45, 7) is 0. The summed E-state index contributed by atoms with van der Waals surface area (Å²) in [4.78, 5) is 15.9. The minimum Gasteiger partial charge on any atom is -0.502 e. The maximum absolute atomic E-state index is 12.7. The molecule has 0 aliphatic heterocycles. The average Bonchev–Trinajstić information content (AvgIpc) is 3.22. The van der Waals surface area contributed by atoms with Gasteiger partial charge in [-0.25, -0.2) is 0 Å². The van der Waals surface area contributed by atoms with Gasteiger partial charge in [0.1, 0.15) is 0 Å². The van der Waals surface area contributed by atoms with Crippen LogP contribution in [0.2, 0.25) is 0 Å². The number of hydrogen-bond acceptors (Lipinski definition) is 4. The molecule has 0 atom stereocenters. The van der Waals surface area contributed by atoms with E-state index in [-0.39, 0.29) is 23.2 Å². The minimum absolute atomic E-state index is 0.145. The SMILES string of the molecule is COc1cc(C(=O)Nc2cccc(-c3ccc4[nH]ccc4c3)c2)cc(OC)c1O. The molecule has 1 aromatic heterocycles. The molecule has 0 fully saturated rings. The summed E-state index contributed by atoms with van der Waals surface area (Å²) in [5, 5.41) is 14.0. The van der Waals surface area contributed by atoms with Crippen molar-refractivity contribution in [2.75, 3.05) is 19.5 Å². The number of aromatic nitrogens is 1. The van der Waals surface area contributed by atoms with Crippen molar-refractivity contribution in [3.63, 3.8) is 0 Å². The number of benzene rings is 3. The third-order valence-electron chi connectivity index (χ3n) is 4.75. The van der Waals surface area contributed by atoms with Gasteiger partial charge in [-0.15, -0.1) is 0 Å². The molecule has 0 spiro atoms. The van der Waals surface area contributed by atoms with Crippen LogP contribution in [0.15, 0.2) is 66.9 Å². The molecule has 0 saturated carbocycles. The predicted molar refractivity (Wildman–Crippen MR) is 113 cm³/mol. The number of phenols is 1. The highest BCUT2D eigenvalue weighted by atomic mass is 16.5. The average molecular weight is 388 g/mol. The summed E-state index contributed by atoms with van der Waals surface area (Å²) in [5.74, 6) is -0.139. The monoisotopic (exact) mass is 388 g/mol. The number of ether oxygens (including phenoxy) is 2. The number of hydrogen-bond donors (Lipinski definition) is 3. The number of methoxy groups -OCH3 is 2. The Morgan fingerprint density at radius 1 is 0.931 bits per heavy atom. The van der Waals surface area contributed by atoms with Gasteiger partial charge in [0.25, 0.3) is 5.91 Å². The molecule has 0 radical (unpaired) electrons. The van der Waals surface area contributed by atoms with Crippen molar-refractivity contribution in [2.45, 2.75) is 0 Å². The maximum atomic E-state index is 12.7. The fourth-order valence-corrected chi connectivity index (χ4v) is 3.24. The number of anilines is 1. The van der Waals surface area contributed by atoms with Gasteiger partial charge in [0.15, 0.2) is 11.5 Å². The fourth-order valence-electron chi connectivity index (χ4n) is 3.24. The zero-order valence-electron chi connectivity index (χ0n) is 16.0. The van der Waals surface area contributed by atoms with Crippen LogP contribution in [-0.2, 0) is 0 Å². The number of fused-ring (bicyclic) bond motifs is 1. The van der Waals surface area contributed by atoms with Gasteiger partial charge in [-0.05, 0) is 59.0 Å². The van der Waals surface area contributed by atoms with Crippen LogP contribution < -0.4 is 14.8 Å². The van der Waals surface area contributed by atoms with Gasteiger partial charge in [0, 0.05) is 23.0 Å². The van der Waals surface area contributed by atoms with E-state index in [1.54, 1.807) is 0 Å². The lowest BCUT2D eigenvalue weighted by Crippen LogP contribution is -2.12. The molecular weight excluding hydrogens is 368 g/mol. The maximum Gasteiger partial charge on any atom is 0.255 e. The summed E-state index contributed by atoms with van der Waals surface area (Å²) in [6.07, 6.45) is 1.91. The Bertz CT molecular complexity index is 1170. The standard InChI is InChI=1S/C23H20N2O4/c1-28-20-12-17(13-21(29-2)22(20)26)23(27)25-18-5-3-4-14(11-18)15-6-7-19-16(10-15)8-9-24-19/h3-13,24,26H,1-2H3,(H,25,27). The van der Waals surface area contributed by atoms with Crippen LogP contribution in [-0.4, -0.2) is 30.2 Å². The lowest BCUT2D eigenvalue weighted by Gasteiger charge is -2.12. The molecule has 3 aromatic carbocycles. The first-order chi connectivity index (χ1) is 14.1. The van der Waals surface area contributed by atoms with Gasteiger partial charge >= 0.3 is 0 Å². The first-order valence-corrected chi connectivity index (χ1v) is 9.03. The molecule has 146 valence electrons. The molecule has 1 heterocycles. The summed E-state index contributed by atoms with van der Waals surface area (Å²) < 4.78 is 10.2. The molecule has 1 amide bonds. The molecule has 0 saturated heterocycles. The number of carbonyl (C=O) groups excluding carboxylic acids is 1. The molecule has 0 unspecified atom stereocenters. The molecule has 6 heteroatoms. The number of carbonyl (C=O) groups is 1. The zero-order valence-corrected chi connectivity index (χ0v) is 16.0. The van der Waals surface area contributed by atoms with Gasteiger partial charge in [-0.3, -0.25) is 4.79 Å². The van der Waals surface area contributed by atoms with Crippen molar-refractivity contribution in [3.05, 3.63) is 72.4 Å². The van der Waals surface area contributed by atoms with Gasteiger partial charge in [-0.1, -0.05) is 18.2 Å². The molecule has 3 N–H and O–H groups in total. The van der Waals surface area contributed by atoms with Crippen molar-refractivity contribution in [1.82, 2.24) is 4.98 Å². The third kappa shape index (κ3) is 3.60. The van der Waals surface area contributed by atoms with E-state index in [1.165, 1.54) is 26.4 Å². The van der Waals surface area contributed by atoms with Gasteiger partial charge < -0.3 is 24.9 Å². The first kappa shape index (κ1) is 18.4. The van der Waals surface area contributed by atoms with E-state index in [1.807, 2.05) is 48.7 Å². The van der Waals surface area contributed by atoms with E-state index >= 15 is 0 Å². The molecule has 0 bridgehead atoms. The number of nitrogens with one attached hydrogen (secondary N) is 2. The quantitative estimate of drug-likeness (QED) is 0.458. The lowest BCUT2D eigenvalue weighted by molar-refractivity contribution is 0.102. The molecule has 29 heavy (non-hydrogen) atoms. The van der Waals surface area contributed by atoms with Crippen molar-refractivity contribution in [2.24, 2.45) is 0 Å². The molecule has 0 aliphatic rings.